The van der Waals surface area contributed by atoms with Crippen LogP contribution in [0.1, 0.15) is 46.4 Å². The quantitative estimate of drug-likeness (QED) is 0.763. The van der Waals surface area contributed by atoms with Gasteiger partial charge in [-0.1, -0.05) is 0 Å². The summed E-state index contributed by atoms with van der Waals surface area (Å²) in [5.41, 5.74) is 5.93. The predicted molar refractivity (Wildman–Crippen MR) is 83.6 cm³/mol. The number of hydrogen-bond donors (Lipinski definition) is 2. The van der Waals surface area contributed by atoms with Crippen LogP contribution in [-0.2, 0) is 21.3 Å². The van der Waals surface area contributed by atoms with Crippen LogP contribution in [-0.4, -0.2) is 31.7 Å². The molecule has 0 saturated carbocycles. The minimum absolute atomic E-state index is 0.160. The molecule has 0 aromatic carbocycles. The number of aromatic nitrogens is 1. The third-order valence-electron chi connectivity index (χ3n) is 3.21. The average molecular weight is 317 g/mol. The van der Waals surface area contributed by atoms with Crippen molar-refractivity contribution in [2.45, 2.75) is 57.7 Å². The summed E-state index contributed by atoms with van der Waals surface area (Å²) in [6.45, 7) is 10.6. The summed E-state index contributed by atoms with van der Waals surface area (Å²) in [5.74, 6) is 0. The van der Waals surface area contributed by atoms with Crippen molar-refractivity contribution < 1.29 is 13.2 Å². The zero-order valence-electron chi connectivity index (χ0n) is 13.5. The molecule has 6 nitrogen and oxygen atoms in total. The molecule has 0 amide bonds. The highest BCUT2D eigenvalue weighted by molar-refractivity contribution is 7.89. The van der Waals surface area contributed by atoms with Crippen LogP contribution in [0, 0.1) is 0 Å². The van der Waals surface area contributed by atoms with Gasteiger partial charge in [0.05, 0.1) is 10.5 Å². The van der Waals surface area contributed by atoms with E-state index in [0.29, 0.717) is 13.2 Å². The van der Waals surface area contributed by atoms with Gasteiger partial charge in [0.2, 0.25) is 10.0 Å². The number of nitrogens with one attached hydrogen (secondary N) is 1. The molecule has 0 radical (unpaired) electrons. The monoisotopic (exact) mass is 317 g/mol. The normalized spacial score (nSPS) is 13.1. The summed E-state index contributed by atoms with van der Waals surface area (Å²) in [6.07, 6.45) is 1.63. The van der Waals surface area contributed by atoms with Crippen molar-refractivity contribution in [3.05, 3.63) is 18.0 Å². The summed E-state index contributed by atoms with van der Waals surface area (Å²) < 4.78 is 34.7. The molecule has 0 aliphatic rings. The molecule has 3 N–H and O–H groups in total. The van der Waals surface area contributed by atoms with E-state index < -0.39 is 15.6 Å². The molecule has 1 heterocycles. The molecule has 0 aliphatic heterocycles. The van der Waals surface area contributed by atoms with Crippen LogP contribution in [0.5, 0.6) is 0 Å². The third-order valence-corrected chi connectivity index (χ3v) is 4.57. The SMILES string of the molecule is CCOC(C)(C)CNS(=O)(=O)c1cc(CN)n(C(C)C)c1. The van der Waals surface area contributed by atoms with Gasteiger partial charge in [0, 0.05) is 37.6 Å². The standard InChI is InChI=1S/C14H27N3O3S/c1-6-20-14(4,5)10-16-21(18,19)13-7-12(8-15)17(9-13)11(2)3/h7,9,11,16H,6,8,10,15H2,1-5H3. The van der Waals surface area contributed by atoms with Crippen molar-refractivity contribution in [2.75, 3.05) is 13.2 Å². The maximum Gasteiger partial charge on any atom is 0.242 e. The van der Waals surface area contributed by atoms with Crippen molar-refractivity contribution in [1.29, 1.82) is 0 Å². The summed E-state index contributed by atoms with van der Waals surface area (Å²) >= 11 is 0. The Kier molecular flexibility index (Phi) is 5.98. The first-order valence-corrected chi connectivity index (χ1v) is 8.65. The maximum atomic E-state index is 12.4. The molecule has 21 heavy (non-hydrogen) atoms. The number of hydrogen-bond acceptors (Lipinski definition) is 4. The van der Waals surface area contributed by atoms with Crippen molar-refractivity contribution in [1.82, 2.24) is 9.29 Å². The van der Waals surface area contributed by atoms with E-state index in [1.165, 1.54) is 0 Å². The van der Waals surface area contributed by atoms with Crippen molar-refractivity contribution in [3.63, 3.8) is 0 Å². The van der Waals surface area contributed by atoms with Gasteiger partial charge in [0.1, 0.15) is 0 Å². The lowest BCUT2D eigenvalue weighted by molar-refractivity contribution is -0.00515. The highest BCUT2D eigenvalue weighted by Crippen LogP contribution is 2.19. The Labute approximate surface area is 127 Å². The fraction of sp³-hybridized carbons (Fsp3) is 0.714. The molecule has 0 spiro atoms. The van der Waals surface area contributed by atoms with Gasteiger partial charge in [-0.25, -0.2) is 13.1 Å². The van der Waals surface area contributed by atoms with E-state index in [9.17, 15) is 8.42 Å². The molecule has 122 valence electrons. The second-order valence-corrected chi connectivity index (χ2v) is 7.66. The largest absolute Gasteiger partial charge is 0.375 e. The van der Waals surface area contributed by atoms with E-state index in [-0.39, 0.29) is 17.5 Å². The average Bonchev–Trinajstić information content (AvgIpc) is 2.82. The predicted octanol–water partition coefficient (Wildman–Crippen LogP) is 1.62. The number of nitrogens with zero attached hydrogens (tertiary/aromatic N) is 1. The van der Waals surface area contributed by atoms with Crippen molar-refractivity contribution in [2.24, 2.45) is 5.73 Å². The van der Waals surface area contributed by atoms with Crippen LogP contribution in [0.25, 0.3) is 0 Å². The molecule has 0 atom stereocenters. The van der Waals surface area contributed by atoms with Gasteiger partial charge in [-0.2, -0.15) is 0 Å². The second-order valence-electron chi connectivity index (χ2n) is 5.89. The highest BCUT2D eigenvalue weighted by Gasteiger charge is 2.24. The Morgan fingerprint density at radius 1 is 1.43 bits per heavy atom. The molecule has 0 bridgehead atoms. The molecule has 0 unspecified atom stereocenters. The van der Waals surface area contributed by atoms with Gasteiger partial charge in [0.15, 0.2) is 0 Å². The van der Waals surface area contributed by atoms with Gasteiger partial charge in [-0.3, -0.25) is 0 Å². The fourth-order valence-corrected chi connectivity index (χ4v) is 3.33. The van der Waals surface area contributed by atoms with Gasteiger partial charge < -0.3 is 15.0 Å². The lowest BCUT2D eigenvalue weighted by Gasteiger charge is -2.24. The van der Waals surface area contributed by atoms with E-state index in [2.05, 4.69) is 4.72 Å². The van der Waals surface area contributed by atoms with E-state index >= 15 is 0 Å². The van der Waals surface area contributed by atoms with Gasteiger partial charge >= 0.3 is 0 Å². The van der Waals surface area contributed by atoms with Crippen LogP contribution < -0.4 is 10.5 Å². The molecule has 0 fully saturated rings. The van der Waals surface area contributed by atoms with Gasteiger partial charge in [-0.15, -0.1) is 0 Å². The Morgan fingerprint density at radius 2 is 2.05 bits per heavy atom. The van der Waals surface area contributed by atoms with Crippen molar-refractivity contribution in [3.8, 4) is 0 Å². The van der Waals surface area contributed by atoms with Crippen LogP contribution >= 0.6 is 0 Å². The lowest BCUT2D eigenvalue weighted by Crippen LogP contribution is -2.40. The number of rotatable bonds is 8. The summed E-state index contributed by atoms with van der Waals surface area (Å²) in [7, 11) is -3.56. The Bertz CT molecular complexity index is 562. The molecule has 1 aromatic rings. The number of nitrogens with two attached hydrogens (primary N) is 1. The second kappa shape index (κ2) is 6.91. The summed E-state index contributed by atoms with van der Waals surface area (Å²) in [4.78, 5) is 0.240. The Morgan fingerprint density at radius 3 is 2.48 bits per heavy atom. The molecule has 1 rings (SSSR count). The first-order chi connectivity index (χ1) is 9.63. The highest BCUT2D eigenvalue weighted by atomic mass is 32.2. The molecular formula is C14H27N3O3S. The molecular weight excluding hydrogens is 290 g/mol. The Hall–Kier alpha value is -0.890. The smallest absolute Gasteiger partial charge is 0.242 e. The zero-order chi connectivity index (χ0) is 16.3. The maximum absolute atomic E-state index is 12.4. The fourth-order valence-electron chi connectivity index (χ4n) is 2.08. The van der Waals surface area contributed by atoms with Gasteiger partial charge in [-0.05, 0) is 40.7 Å². The lowest BCUT2D eigenvalue weighted by atomic mass is 10.1. The Balaban J connectivity index is 2.93. The van der Waals surface area contributed by atoms with Crippen LogP contribution in [0.15, 0.2) is 17.2 Å². The molecule has 7 heteroatoms. The van der Waals surface area contributed by atoms with E-state index in [1.807, 2.05) is 39.2 Å². The molecule has 1 aromatic heterocycles. The minimum Gasteiger partial charge on any atom is -0.375 e. The van der Waals surface area contributed by atoms with Gasteiger partial charge in [0.25, 0.3) is 0 Å². The summed E-state index contributed by atoms with van der Waals surface area (Å²) in [5, 5.41) is 0. The minimum atomic E-state index is -3.56. The van der Waals surface area contributed by atoms with E-state index in [4.69, 9.17) is 10.5 Å². The van der Waals surface area contributed by atoms with E-state index in [1.54, 1.807) is 12.3 Å². The molecule has 0 aliphatic carbocycles. The van der Waals surface area contributed by atoms with Crippen LogP contribution in [0.4, 0.5) is 0 Å². The first-order valence-electron chi connectivity index (χ1n) is 7.17. The topological polar surface area (TPSA) is 86.3 Å². The first kappa shape index (κ1) is 18.2. The summed E-state index contributed by atoms with van der Waals surface area (Å²) in [6, 6.07) is 1.78. The zero-order valence-corrected chi connectivity index (χ0v) is 14.3. The van der Waals surface area contributed by atoms with Crippen LogP contribution in [0.2, 0.25) is 0 Å². The number of sulfonamides is 1. The van der Waals surface area contributed by atoms with Crippen molar-refractivity contribution >= 4 is 10.0 Å². The third kappa shape index (κ3) is 4.81. The molecule has 0 saturated heterocycles. The van der Waals surface area contributed by atoms with E-state index in [0.717, 1.165) is 5.69 Å². The van der Waals surface area contributed by atoms with Crippen LogP contribution in [0.3, 0.4) is 0 Å². The number of ether oxygens (including phenoxy) is 1.